The number of aryl methyl sites for hydroxylation is 2. The Balaban J connectivity index is 1.92. The first-order valence-corrected chi connectivity index (χ1v) is 7.95. The predicted molar refractivity (Wildman–Crippen MR) is 92.4 cm³/mol. The van der Waals surface area contributed by atoms with E-state index in [0.29, 0.717) is 24.3 Å². The number of benzene rings is 1. The number of hydrogen-bond donors (Lipinski definition) is 1. The van der Waals surface area contributed by atoms with Gasteiger partial charge in [-0.2, -0.15) is 5.10 Å². The Kier molecular flexibility index (Phi) is 5.84. The summed E-state index contributed by atoms with van der Waals surface area (Å²) in [7, 11) is 5.10. The molecular formula is C18H25N3O3. The second-order valence-corrected chi connectivity index (χ2v) is 5.79. The molecule has 0 spiro atoms. The third-order valence-electron chi connectivity index (χ3n) is 4.21. The second kappa shape index (κ2) is 7.86. The van der Waals surface area contributed by atoms with E-state index in [1.165, 1.54) is 0 Å². The van der Waals surface area contributed by atoms with Gasteiger partial charge in [0, 0.05) is 24.7 Å². The van der Waals surface area contributed by atoms with E-state index >= 15 is 0 Å². The summed E-state index contributed by atoms with van der Waals surface area (Å²) in [6.07, 6.45) is 2.86. The van der Waals surface area contributed by atoms with Gasteiger partial charge in [0.2, 0.25) is 5.91 Å². The average Bonchev–Trinajstić information content (AvgIpc) is 2.92. The molecule has 0 aliphatic carbocycles. The number of ether oxygens (including phenoxy) is 2. The number of nitrogens with one attached hydrogen (secondary N) is 1. The van der Waals surface area contributed by atoms with Gasteiger partial charge in [-0.15, -0.1) is 0 Å². The molecule has 2 aromatic rings. The van der Waals surface area contributed by atoms with E-state index < -0.39 is 0 Å². The largest absolute Gasteiger partial charge is 0.493 e. The molecule has 6 heteroatoms. The van der Waals surface area contributed by atoms with Crippen molar-refractivity contribution >= 4 is 5.91 Å². The molecule has 1 aromatic carbocycles. The Morgan fingerprint density at radius 2 is 2.00 bits per heavy atom. The number of methoxy groups -OCH3 is 2. The molecule has 0 fully saturated rings. The molecule has 0 bridgehead atoms. The maximum absolute atomic E-state index is 12.2. The summed E-state index contributed by atoms with van der Waals surface area (Å²) in [6.45, 7) is 3.97. The van der Waals surface area contributed by atoms with Crippen LogP contribution >= 0.6 is 0 Å². The van der Waals surface area contributed by atoms with E-state index in [9.17, 15) is 4.79 Å². The molecule has 0 saturated carbocycles. The number of hydrogen-bond acceptors (Lipinski definition) is 4. The zero-order valence-electron chi connectivity index (χ0n) is 14.9. The number of carbonyl (C=O) groups is 1. The van der Waals surface area contributed by atoms with Gasteiger partial charge in [-0.05, 0) is 38.0 Å². The minimum absolute atomic E-state index is 0.0144. The molecule has 0 aliphatic rings. The molecule has 130 valence electrons. The van der Waals surface area contributed by atoms with Crippen molar-refractivity contribution < 1.29 is 14.3 Å². The molecule has 0 unspecified atom stereocenters. The number of nitrogens with zero attached hydrogens (tertiary/aromatic N) is 2. The van der Waals surface area contributed by atoms with E-state index in [-0.39, 0.29) is 11.9 Å². The lowest BCUT2D eigenvalue weighted by Crippen LogP contribution is -2.27. The zero-order valence-corrected chi connectivity index (χ0v) is 14.9. The van der Waals surface area contributed by atoms with Crippen LogP contribution in [0.25, 0.3) is 0 Å². The molecule has 0 saturated heterocycles. The third kappa shape index (κ3) is 4.07. The number of amides is 1. The highest BCUT2D eigenvalue weighted by molar-refractivity contribution is 5.76. The Bertz CT molecular complexity index is 710. The Morgan fingerprint density at radius 1 is 1.29 bits per heavy atom. The Hall–Kier alpha value is -2.50. The van der Waals surface area contributed by atoms with Crippen molar-refractivity contribution in [2.75, 3.05) is 14.2 Å². The van der Waals surface area contributed by atoms with E-state index in [2.05, 4.69) is 10.4 Å². The van der Waals surface area contributed by atoms with Crippen LogP contribution in [-0.2, 0) is 18.3 Å². The lowest BCUT2D eigenvalue weighted by molar-refractivity contribution is -0.121. The average molecular weight is 331 g/mol. The van der Waals surface area contributed by atoms with Crippen LogP contribution in [-0.4, -0.2) is 29.9 Å². The van der Waals surface area contributed by atoms with Crippen LogP contribution < -0.4 is 14.8 Å². The first kappa shape index (κ1) is 17.8. The Labute approximate surface area is 142 Å². The maximum atomic E-state index is 12.2. The molecule has 2 rings (SSSR count). The van der Waals surface area contributed by atoms with Crippen LogP contribution in [0.1, 0.15) is 36.2 Å². The minimum atomic E-state index is -0.0587. The van der Waals surface area contributed by atoms with Crippen LogP contribution in [0.3, 0.4) is 0 Å². The number of aromatic nitrogens is 2. The van der Waals surface area contributed by atoms with Gasteiger partial charge < -0.3 is 14.8 Å². The van der Waals surface area contributed by atoms with Crippen molar-refractivity contribution in [1.29, 1.82) is 0 Å². The monoisotopic (exact) mass is 331 g/mol. The van der Waals surface area contributed by atoms with Gasteiger partial charge in [-0.3, -0.25) is 9.48 Å². The van der Waals surface area contributed by atoms with Gasteiger partial charge in [-0.25, -0.2) is 0 Å². The lowest BCUT2D eigenvalue weighted by Gasteiger charge is -2.14. The van der Waals surface area contributed by atoms with Gasteiger partial charge >= 0.3 is 0 Å². The molecule has 0 aliphatic heterocycles. The molecule has 1 amide bonds. The number of carbonyl (C=O) groups excluding carboxylic acids is 1. The summed E-state index contributed by atoms with van der Waals surface area (Å²) in [6, 6.07) is 5.65. The fraction of sp³-hybridized carbons (Fsp3) is 0.444. The highest BCUT2D eigenvalue weighted by Gasteiger charge is 2.14. The van der Waals surface area contributed by atoms with Crippen molar-refractivity contribution in [3.63, 3.8) is 0 Å². The molecule has 1 N–H and O–H groups in total. The lowest BCUT2D eigenvalue weighted by atomic mass is 10.1. The smallest absolute Gasteiger partial charge is 0.220 e. The normalized spacial score (nSPS) is 11.9. The van der Waals surface area contributed by atoms with Gasteiger partial charge in [0.25, 0.3) is 0 Å². The highest BCUT2D eigenvalue weighted by Crippen LogP contribution is 2.28. The van der Waals surface area contributed by atoms with Crippen LogP contribution in [0.5, 0.6) is 11.5 Å². The van der Waals surface area contributed by atoms with Crippen LogP contribution in [0, 0.1) is 6.92 Å². The van der Waals surface area contributed by atoms with Crippen molar-refractivity contribution in [1.82, 2.24) is 15.1 Å². The fourth-order valence-electron chi connectivity index (χ4n) is 2.63. The first-order valence-electron chi connectivity index (χ1n) is 7.95. The molecule has 1 heterocycles. The van der Waals surface area contributed by atoms with E-state index in [4.69, 9.17) is 9.47 Å². The standard InChI is InChI=1S/C18H25N3O3/c1-12(15-11-19-21(3)13(15)2)20-18(22)9-7-14-6-8-16(23-4)17(10-14)24-5/h6,8,10-12H,7,9H2,1-5H3,(H,20,22)/t12-/m1/s1. The predicted octanol–water partition coefficient (Wildman–Crippen LogP) is 2.56. The van der Waals surface area contributed by atoms with Gasteiger partial charge in [0.15, 0.2) is 11.5 Å². The summed E-state index contributed by atoms with van der Waals surface area (Å²) in [5.41, 5.74) is 3.13. The summed E-state index contributed by atoms with van der Waals surface area (Å²) in [4.78, 5) is 12.2. The highest BCUT2D eigenvalue weighted by atomic mass is 16.5. The van der Waals surface area contributed by atoms with Crippen LogP contribution in [0.4, 0.5) is 0 Å². The third-order valence-corrected chi connectivity index (χ3v) is 4.21. The van der Waals surface area contributed by atoms with Crippen LogP contribution in [0.15, 0.2) is 24.4 Å². The molecule has 0 radical (unpaired) electrons. The van der Waals surface area contributed by atoms with Gasteiger partial charge in [0.05, 0.1) is 26.5 Å². The summed E-state index contributed by atoms with van der Waals surface area (Å²) in [5.74, 6) is 1.38. The quantitative estimate of drug-likeness (QED) is 0.847. The second-order valence-electron chi connectivity index (χ2n) is 5.79. The topological polar surface area (TPSA) is 65.4 Å². The maximum Gasteiger partial charge on any atom is 0.220 e. The van der Waals surface area contributed by atoms with Crippen molar-refractivity contribution in [2.45, 2.75) is 32.7 Å². The zero-order chi connectivity index (χ0) is 17.7. The number of rotatable bonds is 7. The molecule has 1 aromatic heterocycles. The summed E-state index contributed by atoms with van der Waals surface area (Å²) >= 11 is 0. The minimum Gasteiger partial charge on any atom is -0.493 e. The summed E-state index contributed by atoms with van der Waals surface area (Å²) in [5, 5.41) is 7.24. The Morgan fingerprint density at radius 3 is 2.58 bits per heavy atom. The van der Waals surface area contributed by atoms with Crippen molar-refractivity contribution in [3.05, 3.63) is 41.2 Å². The van der Waals surface area contributed by atoms with Crippen LogP contribution in [0.2, 0.25) is 0 Å². The summed E-state index contributed by atoms with van der Waals surface area (Å²) < 4.78 is 12.3. The van der Waals surface area contributed by atoms with Crippen molar-refractivity contribution in [3.8, 4) is 11.5 Å². The molecular weight excluding hydrogens is 306 g/mol. The van der Waals surface area contributed by atoms with E-state index in [0.717, 1.165) is 16.8 Å². The fourth-order valence-corrected chi connectivity index (χ4v) is 2.63. The first-order chi connectivity index (χ1) is 11.5. The molecule has 24 heavy (non-hydrogen) atoms. The SMILES string of the molecule is COc1ccc(CCC(=O)N[C@H](C)c2cnn(C)c2C)cc1OC. The van der Waals surface area contributed by atoms with E-state index in [1.54, 1.807) is 20.4 Å². The molecule has 1 atom stereocenters. The van der Waals surface area contributed by atoms with Gasteiger partial charge in [0.1, 0.15) is 0 Å². The van der Waals surface area contributed by atoms with E-state index in [1.807, 2.05) is 43.8 Å². The van der Waals surface area contributed by atoms with Gasteiger partial charge in [-0.1, -0.05) is 6.07 Å². The van der Waals surface area contributed by atoms with Crippen molar-refractivity contribution in [2.24, 2.45) is 7.05 Å². The molecule has 6 nitrogen and oxygen atoms in total.